The van der Waals surface area contributed by atoms with Crippen molar-refractivity contribution < 1.29 is 19.5 Å². The Labute approximate surface area is 213 Å². The maximum atomic E-state index is 12.4. The summed E-state index contributed by atoms with van der Waals surface area (Å²) in [6, 6.07) is 3.75. The zero-order chi connectivity index (χ0) is 25.6. The molecule has 0 saturated heterocycles. The maximum absolute atomic E-state index is 12.4. The van der Waals surface area contributed by atoms with Crippen molar-refractivity contribution in [3.63, 3.8) is 0 Å². The summed E-state index contributed by atoms with van der Waals surface area (Å²) in [6.07, 6.45) is 13.1. The number of fused-ring (bicyclic) bond motifs is 5. The number of carbonyl (C=O) groups is 2. The number of rotatable bonds is 6. The number of amides is 1. The molecule has 0 bridgehead atoms. The van der Waals surface area contributed by atoms with Crippen LogP contribution in [0.4, 0.5) is 0 Å². The zero-order valence-corrected chi connectivity index (χ0v) is 21.8. The summed E-state index contributed by atoms with van der Waals surface area (Å²) in [5.41, 5.74) is 1.96. The fourth-order valence-electron chi connectivity index (χ4n) is 8.17. The Kier molecular flexibility index (Phi) is 6.56. The van der Waals surface area contributed by atoms with Gasteiger partial charge in [0.05, 0.1) is 5.71 Å². The summed E-state index contributed by atoms with van der Waals surface area (Å²) in [6.45, 7) is 6.46. The molecule has 7 heteroatoms. The topological polar surface area (TPSA) is 101 Å². The molecule has 3 saturated carbocycles. The molecule has 3 fully saturated rings. The van der Waals surface area contributed by atoms with Crippen molar-refractivity contribution in [3.8, 4) is 0 Å². The highest BCUT2D eigenvalue weighted by Gasteiger charge is 2.65. The van der Waals surface area contributed by atoms with Gasteiger partial charge in [-0.3, -0.25) is 14.6 Å². The summed E-state index contributed by atoms with van der Waals surface area (Å²) in [4.78, 5) is 34.0. The minimum atomic E-state index is -1.16. The first-order chi connectivity index (χ1) is 17.2. The van der Waals surface area contributed by atoms with Gasteiger partial charge in [-0.15, -0.1) is 0 Å². The molecular weight excluding hydrogens is 454 g/mol. The molecule has 2 N–H and O–H groups in total. The predicted molar refractivity (Wildman–Crippen MR) is 137 cm³/mol. The lowest BCUT2D eigenvalue weighted by Crippen LogP contribution is -2.57. The first kappa shape index (κ1) is 25.1. The van der Waals surface area contributed by atoms with Crippen LogP contribution in [0, 0.1) is 28.6 Å². The Morgan fingerprint density at radius 3 is 2.72 bits per heavy atom. The van der Waals surface area contributed by atoms with Crippen molar-refractivity contribution in [3.05, 3.63) is 41.7 Å². The Hall–Kier alpha value is -2.54. The Bertz CT molecular complexity index is 1090. The molecule has 1 aromatic rings. The highest BCUT2D eigenvalue weighted by atomic mass is 16.6. The second-order valence-corrected chi connectivity index (χ2v) is 11.9. The molecule has 194 valence electrons. The Morgan fingerprint density at radius 1 is 1.17 bits per heavy atom. The molecule has 7 nitrogen and oxygen atoms in total. The number of aliphatic hydroxyl groups is 1. The van der Waals surface area contributed by atoms with E-state index in [1.54, 1.807) is 19.3 Å². The van der Waals surface area contributed by atoms with Gasteiger partial charge in [-0.2, -0.15) is 0 Å². The number of Topliss-reactive ketones (excluding diaryl/α,β-unsaturated/α-hetero) is 1. The molecule has 36 heavy (non-hydrogen) atoms. The largest absolute Gasteiger partial charge is 0.385 e. The van der Waals surface area contributed by atoms with E-state index >= 15 is 0 Å². The van der Waals surface area contributed by atoms with Crippen LogP contribution in [0.15, 0.2) is 41.3 Å². The summed E-state index contributed by atoms with van der Waals surface area (Å²) in [5.74, 6) is 1.28. The summed E-state index contributed by atoms with van der Waals surface area (Å²) < 4.78 is 0. The van der Waals surface area contributed by atoms with E-state index in [1.807, 2.05) is 12.1 Å². The van der Waals surface area contributed by atoms with Crippen LogP contribution in [0.25, 0.3) is 0 Å². The number of ketones is 1. The number of carbonyl (C=O) groups excluding carboxylic acids is 2. The lowest BCUT2D eigenvalue weighted by Gasteiger charge is -2.59. The molecule has 1 amide bonds. The molecular formula is C29H39N3O4. The lowest BCUT2D eigenvalue weighted by molar-refractivity contribution is -0.159. The van der Waals surface area contributed by atoms with Crippen molar-refractivity contribution in [2.24, 2.45) is 33.7 Å². The number of hydrogen-bond acceptors (Lipinski definition) is 6. The SMILES string of the molecule is CC(=O)[C@@]1(O)CCC2C3CCC4=C/C(=N\OCC(=O)NCc5cccnc5)CCC4(C)C3CCC21C. The second kappa shape index (κ2) is 9.40. The van der Waals surface area contributed by atoms with Gasteiger partial charge >= 0.3 is 0 Å². The highest BCUT2D eigenvalue weighted by molar-refractivity contribution is 5.96. The number of nitrogens with one attached hydrogen (secondary N) is 1. The Balaban J connectivity index is 1.22. The van der Waals surface area contributed by atoms with Gasteiger partial charge in [-0.25, -0.2) is 0 Å². The van der Waals surface area contributed by atoms with E-state index in [1.165, 1.54) is 5.57 Å². The monoisotopic (exact) mass is 493 g/mol. The number of aromatic nitrogens is 1. The second-order valence-electron chi connectivity index (χ2n) is 11.9. The van der Waals surface area contributed by atoms with Crippen LogP contribution in [0.2, 0.25) is 0 Å². The van der Waals surface area contributed by atoms with E-state index < -0.39 is 5.60 Å². The van der Waals surface area contributed by atoms with E-state index in [9.17, 15) is 14.7 Å². The summed E-state index contributed by atoms with van der Waals surface area (Å²) >= 11 is 0. The smallest absolute Gasteiger partial charge is 0.261 e. The van der Waals surface area contributed by atoms with Gasteiger partial charge in [-0.05, 0) is 99.2 Å². The third-order valence-electron chi connectivity index (χ3n) is 10.3. The van der Waals surface area contributed by atoms with E-state index in [-0.39, 0.29) is 29.1 Å². The van der Waals surface area contributed by atoms with Crippen molar-refractivity contribution >= 4 is 17.4 Å². The van der Waals surface area contributed by atoms with E-state index in [0.717, 1.165) is 56.2 Å². The van der Waals surface area contributed by atoms with Crippen molar-refractivity contribution in [2.75, 3.05) is 6.61 Å². The van der Waals surface area contributed by atoms with Gasteiger partial charge in [0.15, 0.2) is 12.4 Å². The van der Waals surface area contributed by atoms with Gasteiger partial charge < -0.3 is 15.3 Å². The van der Waals surface area contributed by atoms with Gasteiger partial charge in [0.1, 0.15) is 5.60 Å². The minimum Gasteiger partial charge on any atom is -0.385 e. The molecule has 1 aromatic heterocycles. The third-order valence-corrected chi connectivity index (χ3v) is 10.3. The van der Waals surface area contributed by atoms with Crippen molar-refractivity contribution in [1.82, 2.24) is 10.3 Å². The fourth-order valence-corrected chi connectivity index (χ4v) is 8.17. The zero-order valence-electron chi connectivity index (χ0n) is 21.8. The van der Waals surface area contributed by atoms with Gasteiger partial charge in [0.2, 0.25) is 0 Å². The van der Waals surface area contributed by atoms with Gasteiger partial charge in [-0.1, -0.05) is 30.6 Å². The number of hydrogen-bond donors (Lipinski definition) is 2. The normalized spacial score (nSPS) is 38.4. The molecule has 6 atom stereocenters. The summed E-state index contributed by atoms with van der Waals surface area (Å²) in [5, 5.41) is 18.5. The molecule has 0 spiro atoms. The van der Waals surface area contributed by atoms with Crippen LogP contribution in [0.1, 0.15) is 77.7 Å². The molecule has 0 radical (unpaired) electrons. The molecule has 1 heterocycles. The number of oxime groups is 1. The average molecular weight is 494 g/mol. The molecule has 5 unspecified atom stereocenters. The number of allylic oxidation sites excluding steroid dienone is 2. The highest BCUT2D eigenvalue weighted by Crippen LogP contribution is 2.67. The molecule has 0 aliphatic heterocycles. The molecule has 4 aliphatic carbocycles. The Morgan fingerprint density at radius 2 is 1.97 bits per heavy atom. The first-order valence-corrected chi connectivity index (χ1v) is 13.5. The van der Waals surface area contributed by atoms with Crippen LogP contribution in [-0.4, -0.2) is 39.7 Å². The predicted octanol–water partition coefficient (Wildman–Crippen LogP) is 4.35. The van der Waals surface area contributed by atoms with Crippen LogP contribution < -0.4 is 5.32 Å². The molecule has 4 aliphatic rings. The van der Waals surface area contributed by atoms with Crippen molar-refractivity contribution in [2.45, 2.75) is 84.3 Å². The van der Waals surface area contributed by atoms with Crippen LogP contribution in [0.5, 0.6) is 0 Å². The quantitative estimate of drug-likeness (QED) is 0.574. The lowest BCUT2D eigenvalue weighted by atomic mass is 9.46. The van der Waals surface area contributed by atoms with Crippen molar-refractivity contribution in [1.29, 1.82) is 0 Å². The van der Waals surface area contributed by atoms with Gasteiger partial charge in [0.25, 0.3) is 5.91 Å². The number of pyridine rings is 1. The van der Waals surface area contributed by atoms with E-state index in [0.29, 0.717) is 30.7 Å². The minimum absolute atomic E-state index is 0.0576. The van der Waals surface area contributed by atoms with E-state index in [4.69, 9.17) is 4.84 Å². The standard InChI is InChI=1S/C29H39N3O4/c1-19(33)29(35)13-10-25-23-7-6-21-15-22(8-11-27(21,2)24(23)9-12-28(25,29)3)32-36-18-26(34)31-17-20-5-4-14-30-16-20/h4-5,14-16,23-25,35H,6-13,17-18H2,1-3H3,(H,31,34)/b32-22-/t23?,24?,25?,27?,28?,29-/m0/s1. The van der Waals surface area contributed by atoms with Crippen LogP contribution in [-0.2, 0) is 21.0 Å². The van der Waals surface area contributed by atoms with Crippen LogP contribution >= 0.6 is 0 Å². The van der Waals surface area contributed by atoms with Gasteiger partial charge in [0, 0.05) is 24.4 Å². The fraction of sp³-hybridized carbons (Fsp3) is 0.655. The molecule has 0 aromatic carbocycles. The molecule has 5 rings (SSSR count). The maximum Gasteiger partial charge on any atom is 0.261 e. The first-order valence-electron chi connectivity index (χ1n) is 13.5. The third kappa shape index (κ3) is 4.09. The average Bonchev–Trinajstić information content (AvgIpc) is 3.15. The summed E-state index contributed by atoms with van der Waals surface area (Å²) in [7, 11) is 0. The number of nitrogens with zero attached hydrogens (tertiary/aromatic N) is 2. The van der Waals surface area contributed by atoms with Crippen LogP contribution in [0.3, 0.4) is 0 Å². The van der Waals surface area contributed by atoms with E-state index in [2.05, 4.69) is 35.4 Å².